The summed E-state index contributed by atoms with van der Waals surface area (Å²) in [5.74, 6) is 1.76. The zero-order chi connectivity index (χ0) is 16.4. The third-order valence-electron chi connectivity index (χ3n) is 3.71. The van der Waals surface area contributed by atoms with Gasteiger partial charge >= 0.3 is 0 Å². The van der Waals surface area contributed by atoms with Crippen molar-refractivity contribution in [1.29, 1.82) is 0 Å². The summed E-state index contributed by atoms with van der Waals surface area (Å²) >= 11 is 1.51. The zero-order valence-electron chi connectivity index (χ0n) is 13.6. The van der Waals surface area contributed by atoms with Crippen molar-refractivity contribution in [1.82, 2.24) is 20.1 Å². The summed E-state index contributed by atoms with van der Waals surface area (Å²) in [4.78, 5) is 13.4. The molecule has 0 aliphatic rings. The van der Waals surface area contributed by atoms with Crippen LogP contribution >= 0.6 is 11.8 Å². The van der Waals surface area contributed by atoms with Crippen molar-refractivity contribution in [3.05, 3.63) is 52.6 Å². The highest BCUT2D eigenvalue weighted by molar-refractivity contribution is 7.98. The van der Waals surface area contributed by atoms with Gasteiger partial charge in [-0.15, -0.1) is 0 Å². The first-order valence-corrected chi connectivity index (χ1v) is 8.36. The fraction of sp³-hybridized carbons (Fsp3) is 0.294. The van der Waals surface area contributed by atoms with Gasteiger partial charge in [0.15, 0.2) is 11.0 Å². The molecular weight excluding hydrogens is 308 g/mol. The lowest BCUT2D eigenvalue weighted by Crippen LogP contribution is -1.98. The van der Waals surface area contributed by atoms with Crippen LogP contribution in [0, 0.1) is 27.7 Å². The SMILES string of the molecule is Cc1ccc(-c2nc(CSc3nc(C)c(C)c(C)n3)no2)cc1. The fourth-order valence-corrected chi connectivity index (χ4v) is 2.84. The van der Waals surface area contributed by atoms with Gasteiger partial charge in [-0.1, -0.05) is 34.6 Å². The molecule has 0 saturated carbocycles. The second-order valence-electron chi connectivity index (χ2n) is 5.47. The Morgan fingerprint density at radius 1 is 0.913 bits per heavy atom. The topological polar surface area (TPSA) is 64.7 Å². The predicted octanol–water partition coefficient (Wildman–Crippen LogP) is 4.05. The largest absolute Gasteiger partial charge is 0.334 e. The average molecular weight is 326 g/mol. The van der Waals surface area contributed by atoms with E-state index in [0.717, 1.165) is 27.7 Å². The van der Waals surface area contributed by atoms with Crippen LogP contribution in [0.5, 0.6) is 0 Å². The highest BCUT2D eigenvalue weighted by Gasteiger charge is 2.11. The lowest BCUT2D eigenvalue weighted by Gasteiger charge is -2.05. The number of nitrogens with zero attached hydrogens (tertiary/aromatic N) is 4. The van der Waals surface area contributed by atoms with Crippen molar-refractivity contribution in [2.75, 3.05) is 0 Å². The standard InChI is InChI=1S/C17H18N4OS/c1-10-5-7-14(8-6-10)16-20-15(21-22-16)9-23-17-18-12(3)11(2)13(4)19-17/h5-8H,9H2,1-4H3. The molecular formula is C17H18N4OS. The maximum atomic E-state index is 5.33. The van der Waals surface area contributed by atoms with Gasteiger partial charge in [0.1, 0.15) is 0 Å². The Morgan fingerprint density at radius 3 is 2.22 bits per heavy atom. The number of rotatable bonds is 4. The number of benzene rings is 1. The molecule has 3 rings (SSSR count). The molecule has 0 atom stereocenters. The van der Waals surface area contributed by atoms with Crippen molar-refractivity contribution >= 4 is 11.8 Å². The third-order valence-corrected chi connectivity index (χ3v) is 4.55. The first-order valence-electron chi connectivity index (χ1n) is 7.37. The molecule has 0 radical (unpaired) electrons. The number of hydrogen-bond donors (Lipinski definition) is 0. The Hall–Kier alpha value is -2.21. The van der Waals surface area contributed by atoms with E-state index in [1.165, 1.54) is 17.3 Å². The number of thioether (sulfide) groups is 1. The van der Waals surface area contributed by atoms with Crippen molar-refractivity contribution in [2.24, 2.45) is 0 Å². The Labute approximate surface area is 139 Å². The van der Waals surface area contributed by atoms with E-state index in [1.807, 2.05) is 52.0 Å². The van der Waals surface area contributed by atoms with Gasteiger partial charge < -0.3 is 4.52 Å². The van der Waals surface area contributed by atoms with Crippen LogP contribution in [0.3, 0.4) is 0 Å². The molecule has 0 aliphatic heterocycles. The second-order valence-corrected chi connectivity index (χ2v) is 6.41. The van der Waals surface area contributed by atoms with Crippen LogP contribution in [0.1, 0.15) is 28.3 Å². The molecule has 0 unspecified atom stereocenters. The average Bonchev–Trinajstić information content (AvgIpc) is 3.00. The van der Waals surface area contributed by atoms with Gasteiger partial charge in [-0.3, -0.25) is 0 Å². The van der Waals surface area contributed by atoms with E-state index in [4.69, 9.17) is 4.52 Å². The maximum absolute atomic E-state index is 5.33. The molecule has 0 amide bonds. The number of aromatic nitrogens is 4. The molecule has 6 heteroatoms. The van der Waals surface area contributed by atoms with Crippen LogP contribution in [0.15, 0.2) is 33.9 Å². The van der Waals surface area contributed by atoms with Crippen molar-refractivity contribution in [2.45, 2.75) is 38.6 Å². The highest BCUT2D eigenvalue weighted by Crippen LogP contribution is 2.22. The Balaban J connectivity index is 1.71. The van der Waals surface area contributed by atoms with Crippen LogP contribution in [0.25, 0.3) is 11.5 Å². The van der Waals surface area contributed by atoms with Gasteiger partial charge in [-0.05, 0) is 45.4 Å². The van der Waals surface area contributed by atoms with Crippen molar-refractivity contribution in [3.8, 4) is 11.5 Å². The quantitative estimate of drug-likeness (QED) is 0.532. The molecule has 0 aliphatic carbocycles. The molecule has 0 bridgehead atoms. The Morgan fingerprint density at radius 2 is 1.57 bits per heavy atom. The van der Waals surface area contributed by atoms with Crippen molar-refractivity contribution in [3.63, 3.8) is 0 Å². The summed E-state index contributed by atoms with van der Waals surface area (Å²) < 4.78 is 5.33. The fourth-order valence-electron chi connectivity index (χ4n) is 2.06. The van der Waals surface area contributed by atoms with Gasteiger partial charge in [0.25, 0.3) is 5.89 Å². The van der Waals surface area contributed by atoms with E-state index in [1.54, 1.807) is 0 Å². The van der Waals surface area contributed by atoms with Gasteiger partial charge in [-0.25, -0.2) is 9.97 Å². The predicted molar refractivity (Wildman–Crippen MR) is 90.3 cm³/mol. The molecule has 5 nitrogen and oxygen atoms in total. The van der Waals surface area contributed by atoms with Gasteiger partial charge in [0.05, 0.1) is 5.75 Å². The molecule has 118 valence electrons. The Kier molecular flexibility index (Phi) is 4.43. The van der Waals surface area contributed by atoms with E-state index in [9.17, 15) is 0 Å². The minimum Gasteiger partial charge on any atom is -0.334 e. The molecule has 2 aromatic heterocycles. The molecule has 0 saturated heterocycles. The van der Waals surface area contributed by atoms with E-state index >= 15 is 0 Å². The minimum absolute atomic E-state index is 0.540. The van der Waals surface area contributed by atoms with E-state index in [-0.39, 0.29) is 0 Å². The van der Waals surface area contributed by atoms with Crippen LogP contribution < -0.4 is 0 Å². The summed E-state index contributed by atoms with van der Waals surface area (Å²) in [5.41, 5.74) is 5.28. The smallest absolute Gasteiger partial charge is 0.257 e. The minimum atomic E-state index is 0.540. The molecule has 1 aromatic carbocycles. The highest BCUT2D eigenvalue weighted by atomic mass is 32.2. The molecule has 0 fully saturated rings. The second kappa shape index (κ2) is 6.50. The number of hydrogen-bond acceptors (Lipinski definition) is 6. The van der Waals surface area contributed by atoms with Gasteiger partial charge in [0.2, 0.25) is 0 Å². The normalized spacial score (nSPS) is 11.0. The Bertz CT molecular complexity index is 804. The van der Waals surface area contributed by atoms with Crippen LogP contribution in [0.4, 0.5) is 0 Å². The van der Waals surface area contributed by atoms with Crippen LogP contribution in [0.2, 0.25) is 0 Å². The summed E-state index contributed by atoms with van der Waals surface area (Å²) in [6, 6.07) is 8.02. The molecule has 2 heterocycles. The van der Waals surface area contributed by atoms with Crippen molar-refractivity contribution < 1.29 is 4.52 Å². The first kappa shape index (κ1) is 15.7. The van der Waals surface area contributed by atoms with Gasteiger partial charge in [-0.2, -0.15) is 4.98 Å². The summed E-state index contributed by atoms with van der Waals surface area (Å²) in [7, 11) is 0. The lowest BCUT2D eigenvalue weighted by molar-refractivity contribution is 0.425. The van der Waals surface area contributed by atoms with Crippen LogP contribution in [-0.4, -0.2) is 20.1 Å². The molecule has 23 heavy (non-hydrogen) atoms. The number of aryl methyl sites for hydroxylation is 3. The summed E-state index contributed by atoms with van der Waals surface area (Å²) in [6.45, 7) is 8.08. The molecule has 3 aromatic rings. The lowest BCUT2D eigenvalue weighted by atomic mass is 10.1. The van der Waals surface area contributed by atoms with E-state index in [2.05, 4.69) is 20.1 Å². The van der Waals surface area contributed by atoms with Gasteiger partial charge in [0, 0.05) is 17.0 Å². The third kappa shape index (κ3) is 3.59. The first-order chi connectivity index (χ1) is 11.0. The summed E-state index contributed by atoms with van der Waals surface area (Å²) in [6.07, 6.45) is 0. The molecule has 0 spiro atoms. The molecule has 0 N–H and O–H groups in total. The van der Waals surface area contributed by atoms with Crippen LogP contribution in [-0.2, 0) is 5.75 Å². The van der Waals surface area contributed by atoms with E-state index in [0.29, 0.717) is 17.5 Å². The summed E-state index contributed by atoms with van der Waals surface area (Å²) in [5, 5.41) is 4.77. The van der Waals surface area contributed by atoms with E-state index < -0.39 is 0 Å². The zero-order valence-corrected chi connectivity index (χ0v) is 14.4. The maximum Gasteiger partial charge on any atom is 0.257 e. The monoisotopic (exact) mass is 326 g/mol.